The number of carbonyl (C=O) groups is 3. The number of carbonyl (C=O) groups excluding carboxylic acids is 3. The molecule has 5 atom stereocenters. The van der Waals surface area contributed by atoms with Crippen molar-refractivity contribution < 1.29 is 37.8 Å². The van der Waals surface area contributed by atoms with Gasteiger partial charge < -0.3 is 23.4 Å². The third kappa shape index (κ3) is 10.3. The average Bonchev–Trinajstić information content (AvgIpc) is 3.84. The number of rotatable bonds is 19. The van der Waals surface area contributed by atoms with Gasteiger partial charge in [0.05, 0.1) is 24.3 Å². The predicted molar refractivity (Wildman–Crippen MR) is 224 cm³/mol. The van der Waals surface area contributed by atoms with Gasteiger partial charge in [-0.3, -0.25) is 9.59 Å². The molecule has 2 aliphatic heterocycles. The van der Waals surface area contributed by atoms with E-state index in [2.05, 4.69) is 40.8 Å². The third-order valence-corrected chi connectivity index (χ3v) is 20.8. The number of unbranched alkanes of at least 4 members (excludes halogenated alkanes) is 6. The minimum absolute atomic E-state index is 0.0149. The molecule has 0 unspecified atom stereocenters. The van der Waals surface area contributed by atoms with E-state index >= 15 is 4.79 Å². The zero-order valence-electron chi connectivity index (χ0n) is 35.1. The number of amides is 2. The molecule has 0 radical (unpaired) electrons. The van der Waals surface area contributed by atoms with Crippen LogP contribution in [0.3, 0.4) is 0 Å². The second-order valence-corrected chi connectivity index (χ2v) is 26.1. The maximum Gasteiger partial charge on any atom is 0.417 e. The largest absolute Gasteiger partial charge is 0.443 e. The van der Waals surface area contributed by atoms with Crippen LogP contribution in [0.15, 0.2) is 72.8 Å². The van der Waals surface area contributed by atoms with Gasteiger partial charge in [0.15, 0.2) is 14.1 Å². The molecule has 0 bridgehead atoms. The van der Waals surface area contributed by atoms with E-state index in [9.17, 15) is 14.7 Å². The number of hydrogen-bond donors (Lipinski definition) is 1. The van der Waals surface area contributed by atoms with E-state index in [0.717, 1.165) is 34.5 Å². The van der Waals surface area contributed by atoms with Crippen LogP contribution in [-0.4, -0.2) is 87.1 Å². The molecule has 0 aliphatic carbocycles. The minimum atomic E-state index is -3.87. The molecule has 2 heterocycles. The van der Waals surface area contributed by atoms with Gasteiger partial charge in [-0.25, -0.2) is 9.69 Å². The van der Waals surface area contributed by atoms with E-state index in [1.54, 1.807) is 26.8 Å². The third-order valence-electron chi connectivity index (χ3n) is 11.5. The van der Waals surface area contributed by atoms with Gasteiger partial charge >= 0.3 is 6.09 Å². The predicted octanol–water partition coefficient (Wildman–Crippen LogP) is 8.09. The van der Waals surface area contributed by atoms with E-state index in [1.807, 2.05) is 67.6 Å². The fourth-order valence-electron chi connectivity index (χ4n) is 7.48. The molecular weight excluding hydrogens is 727 g/mol. The van der Waals surface area contributed by atoms with Crippen molar-refractivity contribution in [2.24, 2.45) is 0 Å². The van der Waals surface area contributed by atoms with Gasteiger partial charge in [0, 0.05) is 6.61 Å². The molecule has 9 nitrogen and oxygen atoms in total. The summed E-state index contributed by atoms with van der Waals surface area (Å²) in [5.41, 5.74) is -4.90. The number of hydrogen-bond acceptors (Lipinski definition) is 8. The molecule has 2 aromatic rings. The molecule has 2 saturated heterocycles. The van der Waals surface area contributed by atoms with E-state index in [4.69, 9.17) is 18.3 Å². The number of benzene rings is 2. The van der Waals surface area contributed by atoms with Gasteiger partial charge in [-0.15, -0.1) is 0 Å². The van der Waals surface area contributed by atoms with Crippen molar-refractivity contribution >= 4 is 44.8 Å². The number of ketones is 1. The fraction of sp³-hybridized carbons (Fsp3) is 0.614. The molecule has 304 valence electrons. The van der Waals surface area contributed by atoms with E-state index < -0.39 is 57.2 Å². The van der Waals surface area contributed by atoms with Crippen LogP contribution in [0.4, 0.5) is 4.79 Å². The lowest BCUT2D eigenvalue weighted by Gasteiger charge is -2.44. The number of ether oxygens (including phenoxy) is 2. The Morgan fingerprint density at radius 2 is 1.40 bits per heavy atom. The molecule has 2 aliphatic rings. The van der Waals surface area contributed by atoms with E-state index in [1.165, 1.54) is 38.2 Å². The summed E-state index contributed by atoms with van der Waals surface area (Å²) in [5.74, 6) is -1.86. The monoisotopic (exact) mass is 793 g/mol. The van der Waals surface area contributed by atoms with Crippen molar-refractivity contribution in [2.75, 3.05) is 13.2 Å². The number of likely N-dealkylation sites (tertiary alicyclic amines) is 1. The summed E-state index contributed by atoms with van der Waals surface area (Å²) < 4.78 is 25.6. The second kappa shape index (κ2) is 18.5. The van der Waals surface area contributed by atoms with Crippen molar-refractivity contribution in [3.8, 4) is 0 Å². The molecule has 11 heteroatoms. The zero-order valence-corrected chi connectivity index (χ0v) is 37.1. The first-order valence-corrected chi connectivity index (χ1v) is 25.3. The van der Waals surface area contributed by atoms with Crippen LogP contribution in [0.1, 0.15) is 107 Å². The Hall–Kier alpha value is -2.94. The minimum Gasteiger partial charge on any atom is -0.443 e. The van der Waals surface area contributed by atoms with Gasteiger partial charge in [0.25, 0.3) is 14.2 Å². The Bertz CT molecular complexity index is 1560. The number of aliphatic hydroxyl groups is 1. The molecule has 0 aromatic heterocycles. The van der Waals surface area contributed by atoms with Gasteiger partial charge in [-0.1, -0.05) is 133 Å². The Morgan fingerprint density at radius 3 is 1.91 bits per heavy atom. The summed E-state index contributed by atoms with van der Waals surface area (Å²) in [5, 5.41) is 14.5. The topological polar surface area (TPSA) is 115 Å². The summed E-state index contributed by atoms with van der Waals surface area (Å²) in [6.07, 6.45) is 10.9. The number of imide groups is 1. The first-order chi connectivity index (χ1) is 25.8. The van der Waals surface area contributed by atoms with Gasteiger partial charge in [0.2, 0.25) is 5.60 Å². The highest BCUT2D eigenvalue weighted by atomic mass is 28.4. The molecule has 4 rings (SSSR count). The molecule has 2 amide bonds. The average molecular weight is 794 g/mol. The van der Waals surface area contributed by atoms with E-state index in [0.29, 0.717) is 0 Å². The molecule has 1 N–H and O–H groups in total. The smallest absolute Gasteiger partial charge is 0.417 e. The SMILES string of the molecule is CCCCCCCCC[C@@H]1O[C@H]1/C=C/C(=O)[C@@]1(O)C(=O)N(C(=O)OC(C)(C)C)[C@H](CO[Si](C)(C)C(C)(C)C)[C@H]1[Si](OCC)(c1ccccc1)c1ccccc1. The summed E-state index contributed by atoms with van der Waals surface area (Å²) in [6.45, 7) is 19.9. The normalized spacial score (nSPS) is 23.4. The van der Waals surface area contributed by atoms with Crippen LogP contribution in [0.5, 0.6) is 0 Å². The maximum absolute atomic E-state index is 15.1. The van der Waals surface area contributed by atoms with Crippen molar-refractivity contribution in [1.29, 1.82) is 0 Å². The standard InChI is InChI=1S/C44H67NO8Si2/c1-11-13-14-15-16-17-24-29-36-37(52-36)30-31-38(46)44(49)39(55(50-12-2,33-25-20-18-21-26-33)34-27-22-19-23-28-34)35(32-51-54(9,10)43(6,7)8)45(40(44)47)41(48)53-42(3,4)5/h18-23,25-28,30-31,35-37,39,49H,11-17,24,29,32H2,1-10H3/b31-30+/t35-,36+,37+,39-,44+/m1/s1. The molecule has 55 heavy (non-hydrogen) atoms. The fourth-order valence-corrected chi connectivity index (χ4v) is 13.5. The summed E-state index contributed by atoms with van der Waals surface area (Å²) in [6, 6.07) is 17.9. The summed E-state index contributed by atoms with van der Waals surface area (Å²) >= 11 is 0. The lowest BCUT2D eigenvalue weighted by atomic mass is 9.92. The second-order valence-electron chi connectivity index (χ2n) is 17.7. The van der Waals surface area contributed by atoms with E-state index in [-0.39, 0.29) is 30.5 Å². The Labute approximate surface area is 332 Å². The van der Waals surface area contributed by atoms with Crippen LogP contribution < -0.4 is 10.4 Å². The zero-order chi connectivity index (χ0) is 40.7. The highest BCUT2D eigenvalue weighted by molar-refractivity contribution is 6.99. The summed E-state index contributed by atoms with van der Waals surface area (Å²) in [4.78, 5) is 45.1. The van der Waals surface area contributed by atoms with Crippen LogP contribution in [0.2, 0.25) is 23.7 Å². The first-order valence-electron chi connectivity index (χ1n) is 20.4. The molecular formula is C44H67NO8Si2. The van der Waals surface area contributed by atoms with Gasteiger partial charge in [-0.2, -0.15) is 0 Å². The molecule has 2 aromatic carbocycles. The number of nitrogens with zero attached hydrogens (tertiary/aromatic N) is 1. The highest BCUT2D eigenvalue weighted by Crippen LogP contribution is 2.49. The summed E-state index contributed by atoms with van der Waals surface area (Å²) in [7, 11) is -6.38. The first kappa shape index (κ1) is 44.8. The molecule has 0 saturated carbocycles. The van der Waals surface area contributed by atoms with Crippen molar-refractivity contribution in [2.45, 2.75) is 160 Å². The quantitative estimate of drug-likeness (QED) is 0.0500. The van der Waals surface area contributed by atoms with Crippen LogP contribution >= 0.6 is 0 Å². The van der Waals surface area contributed by atoms with Crippen LogP contribution in [0, 0.1) is 0 Å². The van der Waals surface area contributed by atoms with Crippen molar-refractivity contribution in [1.82, 2.24) is 4.90 Å². The lowest BCUT2D eigenvalue weighted by Crippen LogP contribution is -2.71. The van der Waals surface area contributed by atoms with Crippen molar-refractivity contribution in [3.05, 3.63) is 72.8 Å². The molecule has 0 spiro atoms. The van der Waals surface area contributed by atoms with Gasteiger partial charge in [-0.05, 0) is 74.8 Å². The van der Waals surface area contributed by atoms with Crippen LogP contribution in [-0.2, 0) is 27.9 Å². The van der Waals surface area contributed by atoms with Crippen LogP contribution in [0.25, 0.3) is 0 Å². The number of epoxide rings is 1. The Morgan fingerprint density at radius 1 is 0.855 bits per heavy atom. The molecule has 2 fully saturated rings. The van der Waals surface area contributed by atoms with Crippen molar-refractivity contribution in [3.63, 3.8) is 0 Å². The lowest BCUT2D eigenvalue weighted by molar-refractivity contribution is -0.150. The van der Waals surface area contributed by atoms with Gasteiger partial charge in [0.1, 0.15) is 11.7 Å². The Kier molecular flexibility index (Phi) is 15.1. The highest BCUT2D eigenvalue weighted by Gasteiger charge is 2.72. The Balaban J connectivity index is 1.85. The maximum atomic E-state index is 15.1.